The van der Waals surface area contributed by atoms with Gasteiger partial charge in [-0.1, -0.05) is 24.3 Å². The lowest BCUT2D eigenvalue weighted by molar-refractivity contribution is 0.626. The largest absolute Gasteiger partial charge is 0.355 e. The first-order chi connectivity index (χ1) is 12.2. The summed E-state index contributed by atoms with van der Waals surface area (Å²) in [4.78, 5) is 8.79. The molecule has 1 heterocycles. The maximum absolute atomic E-state index is 12.9. The van der Waals surface area contributed by atoms with E-state index >= 15 is 0 Å². The van der Waals surface area contributed by atoms with Crippen LogP contribution in [0.1, 0.15) is 11.4 Å². The molecule has 3 aromatic rings. The van der Waals surface area contributed by atoms with Crippen molar-refractivity contribution in [3.05, 3.63) is 65.7 Å². The zero-order valence-corrected chi connectivity index (χ0v) is 14.5. The lowest BCUT2D eigenvalue weighted by Gasteiger charge is -2.13. The van der Waals surface area contributed by atoms with Gasteiger partial charge in [-0.2, -0.15) is 0 Å². The van der Waals surface area contributed by atoms with Crippen LogP contribution in [0.4, 0.5) is 4.39 Å². The minimum Gasteiger partial charge on any atom is -0.355 e. The summed E-state index contributed by atoms with van der Waals surface area (Å²) in [7, 11) is 1.73. The van der Waals surface area contributed by atoms with Crippen molar-refractivity contribution in [2.24, 2.45) is 4.99 Å². The lowest BCUT2D eigenvalue weighted by atomic mass is 10.2. The number of imidazole rings is 1. The van der Waals surface area contributed by atoms with Gasteiger partial charge in [0, 0.05) is 26.7 Å². The molecule has 0 atom stereocenters. The second-order valence-corrected chi connectivity index (χ2v) is 5.78. The molecule has 3 rings (SSSR count). The lowest BCUT2D eigenvalue weighted by Crippen LogP contribution is -2.38. The van der Waals surface area contributed by atoms with E-state index < -0.39 is 0 Å². The molecule has 0 aliphatic heterocycles. The van der Waals surface area contributed by atoms with Gasteiger partial charge in [0.1, 0.15) is 11.6 Å². The number of halogens is 1. The van der Waals surface area contributed by atoms with E-state index in [-0.39, 0.29) is 5.82 Å². The Hall–Kier alpha value is -2.89. The van der Waals surface area contributed by atoms with Gasteiger partial charge in [0.15, 0.2) is 5.96 Å². The average Bonchev–Trinajstić information content (AvgIpc) is 2.95. The summed E-state index contributed by atoms with van der Waals surface area (Å²) in [5.41, 5.74) is 3.15. The van der Waals surface area contributed by atoms with Crippen LogP contribution < -0.4 is 10.6 Å². The van der Waals surface area contributed by atoms with Gasteiger partial charge in [0.25, 0.3) is 0 Å². The SMILES string of the molecule is CN=C(NCCn1c(C)nc2ccccc21)NCc1ccc(F)cc1. The molecule has 0 aliphatic rings. The van der Waals surface area contributed by atoms with E-state index in [1.807, 2.05) is 25.1 Å². The summed E-state index contributed by atoms with van der Waals surface area (Å²) in [5.74, 6) is 1.48. The molecule has 0 fully saturated rings. The maximum Gasteiger partial charge on any atom is 0.191 e. The molecule has 0 spiro atoms. The first-order valence-electron chi connectivity index (χ1n) is 8.28. The number of guanidine groups is 1. The Bertz CT molecular complexity index is 867. The number of para-hydroxylation sites is 2. The van der Waals surface area contributed by atoms with Crippen LogP contribution in [0.25, 0.3) is 11.0 Å². The number of aromatic nitrogens is 2. The maximum atomic E-state index is 12.9. The highest BCUT2D eigenvalue weighted by atomic mass is 19.1. The van der Waals surface area contributed by atoms with Gasteiger partial charge in [-0.3, -0.25) is 4.99 Å². The Balaban J connectivity index is 1.54. The third kappa shape index (κ3) is 4.15. The van der Waals surface area contributed by atoms with Crippen LogP contribution >= 0.6 is 0 Å². The number of rotatable bonds is 5. The number of aryl methyl sites for hydroxylation is 1. The molecule has 0 bridgehead atoms. The molecule has 2 N–H and O–H groups in total. The van der Waals surface area contributed by atoms with Crippen molar-refractivity contribution in [2.75, 3.05) is 13.6 Å². The van der Waals surface area contributed by atoms with Crippen LogP contribution in [-0.4, -0.2) is 29.1 Å². The second kappa shape index (κ2) is 7.79. The van der Waals surface area contributed by atoms with Crippen LogP contribution in [0.2, 0.25) is 0 Å². The van der Waals surface area contributed by atoms with Crippen LogP contribution in [0.3, 0.4) is 0 Å². The highest BCUT2D eigenvalue weighted by Crippen LogP contribution is 2.14. The molecule has 0 unspecified atom stereocenters. The third-order valence-corrected chi connectivity index (χ3v) is 4.07. The Morgan fingerprint density at radius 2 is 1.88 bits per heavy atom. The van der Waals surface area contributed by atoms with E-state index in [9.17, 15) is 4.39 Å². The molecule has 5 nitrogen and oxygen atoms in total. The number of nitrogens with zero attached hydrogens (tertiary/aromatic N) is 3. The van der Waals surface area contributed by atoms with Gasteiger partial charge in [0.2, 0.25) is 0 Å². The van der Waals surface area contributed by atoms with Crippen LogP contribution in [0, 0.1) is 12.7 Å². The number of benzene rings is 2. The minimum atomic E-state index is -0.228. The first kappa shape index (κ1) is 17.0. The van der Waals surface area contributed by atoms with E-state index in [0.29, 0.717) is 12.5 Å². The van der Waals surface area contributed by atoms with E-state index in [1.165, 1.54) is 12.1 Å². The van der Waals surface area contributed by atoms with Crippen LogP contribution in [0.15, 0.2) is 53.5 Å². The highest BCUT2D eigenvalue weighted by Gasteiger charge is 2.06. The topological polar surface area (TPSA) is 54.2 Å². The van der Waals surface area contributed by atoms with Crippen molar-refractivity contribution in [3.8, 4) is 0 Å². The molecule has 0 saturated heterocycles. The third-order valence-electron chi connectivity index (χ3n) is 4.07. The normalized spacial score (nSPS) is 11.7. The van der Waals surface area contributed by atoms with E-state index in [4.69, 9.17) is 0 Å². The smallest absolute Gasteiger partial charge is 0.191 e. The second-order valence-electron chi connectivity index (χ2n) is 5.78. The molecule has 0 saturated carbocycles. The van der Waals surface area contributed by atoms with Crippen molar-refractivity contribution in [1.82, 2.24) is 20.2 Å². The molecule has 25 heavy (non-hydrogen) atoms. The minimum absolute atomic E-state index is 0.228. The standard InChI is InChI=1S/C19H22FN5/c1-14-24-17-5-3-4-6-18(17)25(14)12-11-22-19(21-2)23-13-15-7-9-16(20)10-8-15/h3-10H,11-13H2,1-2H3,(H2,21,22,23). The highest BCUT2D eigenvalue weighted by molar-refractivity contribution is 5.79. The number of hydrogen-bond acceptors (Lipinski definition) is 2. The Morgan fingerprint density at radius 1 is 1.12 bits per heavy atom. The molecular formula is C19H22FN5. The fourth-order valence-corrected chi connectivity index (χ4v) is 2.77. The fourth-order valence-electron chi connectivity index (χ4n) is 2.77. The summed E-state index contributed by atoms with van der Waals surface area (Å²) < 4.78 is 15.1. The number of fused-ring (bicyclic) bond motifs is 1. The van der Waals surface area contributed by atoms with Crippen molar-refractivity contribution < 1.29 is 4.39 Å². The predicted molar refractivity (Wildman–Crippen MR) is 99.1 cm³/mol. The van der Waals surface area contributed by atoms with Crippen LogP contribution in [-0.2, 0) is 13.1 Å². The molecule has 0 amide bonds. The van der Waals surface area contributed by atoms with Crippen LogP contribution in [0.5, 0.6) is 0 Å². The first-order valence-corrected chi connectivity index (χ1v) is 8.28. The van der Waals surface area contributed by atoms with Gasteiger partial charge in [0.05, 0.1) is 11.0 Å². The summed E-state index contributed by atoms with van der Waals surface area (Å²) >= 11 is 0. The van der Waals surface area contributed by atoms with E-state index in [2.05, 4.69) is 31.2 Å². The van der Waals surface area contributed by atoms with E-state index in [0.717, 1.165) is 35.5 Å². The summed E-state index contributed by atoms with van der Waals surface area (Å²) in [5, 5.41) is 6.53. The Kier molecular flexibility index (Phi) is 5.28. The molecule has 0 radical (unpaired) electrons. The van der Waals surface area contributed by atoms with Gasteiger partial charge in [-0.15, -0.1) is 0 Å². The molecular weight excluding hydrogens is 317 g/mol. The number of hydrogen-bond donors (Lipinski definition) is 2. The van der Waals surface area contributed by atoms with Gasteiger partial charge in [-0.05, 0) is 36.8 Å². The van der Waals surface area contributed by atoms with Gasteiger partial charge >= 0.3 is 0 Å². The number of nitrogens with one attached hydrogen (secondary N) is 2. The Morgan fingerprint density at radius 3 is 2.64 bits per heavy atom. The van der Waals surface area contributed by atoms with Crippen molar-refractivity contribution in [1.29, 1.82) is 0 Å². The van der Waals surface area contributed by atoms with Crippen molar-refractivity contribution >= 4 is 17.0 Å². The Labute approximate surface area is 146 Å². The molecule has 2 aromatic carbocycles. The number of aliphatic imine (C=N–C) groups is 1. The summed E-state index contributed by atoms with van der Waals surface area (Å²) in [6.07, 6.45) is 0. The molecule has 1 aromatic heterocycles. The van der Waals surface area contributed by atoms with Crippen molar-refractivity contribution in [3.63, 3.8) is 0 Å². The zero-order valence-electron chi connectivity index (χ0n) is 14.5. The quantitative estimate of drug-likeness (QED) is 0.555. The summed E-state index contributed by atoms with van der Waals surface area (Å²) in [6.45, 7) is 4.13. The average molecular weight is 339 g/mol. The zero-order chi connectivity index (χ0) is 17.6. The fraction of sp³-hybridized carbons (Fsp3) is 0.263. The van der Waals surface area contributed by atoms with Gasteiger partial charge < -0.3 is 15.2 Å². The summed E-state index contributed by atoms with van der Waals surface area (Å²) in [6, 6.07) is 14.6. The monoisotopic (exact) mass is 339 g/mol. The van der Waals surface area contributed by atoms with Crippen molar-refractivity contribution in [2.45, 2.75) is 20.0 Å². The molecule has 130 valence electrons. The van der Waals surface area contributed by atoms with Gasteiger partial charge in [-0.25, -0.2) is 9.37 Å². The molecule has 6 heteroatoms. The van der Waals surface area contributed by atoms with E-state index in [1.54, 1.807) is 19.2 Å². The molecule has 0 aliphatic carbocycles. The predicted octanol–water partition coefficient (Wildman–Crippen LogP) is 2.85.